The van der Waals surface area contributed by atoms with Gasteiger partial charge in [0.25, 0.3) is 0 Å². The van der Waals surface area contributed by atoms with E-state index < -0.39 is 5.41 Å². The minimum atomic E-state index is -0.467. The molecule has 5 nitrogen and oxygen atoms in total. The minimum Gasteiger partial charge on any atom is -0.469 e. The molecule has 0 aliphatic heterocycles. The maximum absolute atomic E-state index is 12.0. The molecule has 0 atom stereocenters. The van der Waals surface area contributed by atoms with Gasteiger partial charge in [0.05, 0.1) is 12.5 Å². The molecule has 0 bridgehead atoms. The Bertz CT molecular complexity index is 242. The molecule has 0 aliphatic rings. The van der Waals surface area contributed by atoms with Crippen LogP contribution in [0.25, 0.3) is 0 Å². The lowest BCUT2D eigenvalue weighted by atomic mass is 9.81. The third-order valence-corrected chi connectivity index (χ3v) is 3.30. The molecule has 0 saturated heterocycles. The van der Waals surface area contributed by atoms with Gasteiger partial charge < -0.3 is 15.8 Å². The summed E-state index contributed by atoms with van der Waals surface area (Å²) in [6, 6.07) is 0. The molecule has 1 amide bonds. The van der Waals surface area contributed by atoms with Crippen molar-refractivity contribution in [1.29, 1.82) is 0 Å². The number of carbonyl (C=O) groups is 2. The van der Waals surface area contributed by atoms with E-state index in [1.807, 2.05) is 13.8 Å². The van der Waals surface area contributed by atoms with Crippen LogP contribution < -0.4 is 11.1 Å². The van der Waals surface area contributed by atoms with Gasteiger partial charge in [0.1, 0.15) is 0 Å². The summed E-state index contributed by atoms with van der Waals surface area (Å²) in [7, 11) is 1.36. The Kier molecular flexibility index (Phi) is 7.54. The number of hydrogen-bond acceptors (Lipinski definition) is 4. The Hall–Kier alpha value is -1.10. The lowest BCUT2D eigenvalue weighted by Crippen LogP contribution is -2.45. The predicted molar refractivity (Wildman–Crippen MR) is 66.3 cm³/mol. The maximum Gasteiger partial charge on any atom is 0.305 e. The Morgan fingerprint density at radius 1 is 1.29 bits per heavy atom. The van der Waals surface area contributed by atoms with Gasteiger partial charge >= 0.3 is 5.97 Å². The molecular formula is C12H24N2O3. The first-order chi connectivity index (χ1) is 8.06. The molecule has 0 aromatic heterocycles. The fourth-order valence-corrected chi connectivity index (χ4v) is 1.68. The summed E-state index contributed by atoms with van der Waals surface area (Å²) in [4.78, 5) is 22.8. The van der Waals surface area contributed by atoms with E-state index >= 15 is 0 Å². The molecule has 5 heteroatoms. The van der Waals surface area contributed by atoms with Crippen LogP contribution in [-0.2, 0) is 14.3 Å². The first-order valence-electron chi connectivity index (χ1n) is 6.11. The van der Waals surface area contributed by atoms with Crippen LogP contribution in [0.2, 0.25) is 0 Å². The van der Waals surface area contributed by atoms with Gasteiger partial charge in [0.15, 0.2) is 0 Å². The van der Waals surface area contributed by atoms with Crippen molar-refractivity contribution in [2.45, 2.75) is 39.5 Å². The molecule has 0 aromatic rings. The molecule has 0 heterocycles. The number of rotatable bonds is 8. The Morgan fingerprint density at radius 3 is 2.29 bits per heavy atom. The van der Waals surface area contributed by atoms with Crippen molar-refractivity contribution in [3.63, 3.8) is 0 Å². The smallest absolute Gasteiger partial charge is 0.305 e. The first kappa shape index (κ1) is 15.9. The number of ether oxygens (including phenoxy) is 1. The highest BCUT2D eigenvalue weighted by molar-refractivity contribution is 5.82. The summed E-state index contributed by atoms with van der Waals surface area (Å²) in [5.74, 6) is -0.273. The normalized spacial score (nSPS) is 11.1. The Labute approximate surface area is 103 Å². The summed E-state index contributed by atoms with van der Waals surface area (Å²) >= 11 is 0. The van der Waals surface area contributed by atoms with Crippen LogP contribution in [0.15, 0.2) is 0 Å². The van der Waals surface area contributed by atoms with Crippen molar-refractivity contribution in [2.24, 2.45) is 11.1 Å². The number of carbonyl (C=O) groups excluding carboxylic acids is 2. The van der Waals surface area contributed by atoms with Crippen LogP contribution in [0.1, 0.15) is 39.5 Å². The van der Waals surface area contributed by atoms with E-state index in [-0.39, 0.29) is 11.9 Å². The zero-order valence-electron chi connectivity index (χ0n) is 11.0. The molecular weight excluding hydrogens is 220 g/mol. The summed E-state index contributed by atoms with van der Waals surface area (Å²) in [5.41, 5.74) is 5.20. The minimum absolute atomic E-state index is 0.0186. The zero-order valence-corrected chi connectivity index (χ0v) is 11.0. The average Bonchev–Trinajstić information content (AvgIpc) is 2.37. The average molecular weight is 244 g/mol. The summed E-state index contributed by atoms with van der Waals surface area (Å²) in [5, 5.41) is 2.83. The number of hydrogen-bond donors (Lipinski definition) is 2. The van der Waals surface area contributed by atoms with Gasteiger partial charge in [0.2, 0.25) is 5.91 Å². The molecule has 0 saturated carbocycles. The SMILES string of the molecule is CCC(CC)(CN)C(=O)NCCCC(=O)OC. The summed E-state index contributed by atoms with van der Waals surface area (Å²) in [6.07, 6.45) is 2.36. The monoisotopic (exact) mass is 244 g/mol. The lowest BCUT2D eigenvalue weighted by molar-refractivity contribution is -0.141. The third-order valence-electron chi connectivity index (χ3n) is 3.30. The zero-order chi connectivity index (χ0) is 13.3. The second-order valence-electron chi connectivity index (χ2n) is 4.13. The molecule has 0 unspecified atom stereocenters. The molecule has 0 rings (SSSR count). The van der Waals surface area contributed by atoms with Crippen LogP contribution in [0, 0.1) is 5.41 Å². The van der Waals surface area contributed by atoms with Gasteiger partial charge in [-0.3, -0.25) is 9.59 Å². The molecule has 100 valence electrons. The van der Waals surface area contributed by atoms with Crippen molar-refractivity contribution in [2.75, 3.05) is 20.2 Å². The highest BCUT2D eigenvalue weighted by Gasteiger charge is 2.32. The maximum atomic E-state index is 12.0. The topological polar surface area (TPSA) is 81.4 Å². The number of methoxy groups -OCH3 is 1. The molecule has 3 N–H and O–H groups in total. The van der Waals surface area contributed by atoms with Crippen molar-refractivity contribution >= 4 is 11.9 Å². The van der Waals surface area contributed by atoms with Gasteiger partial charge in [0, 0.05) is 19.5 Å². The molecule has 0 spiro atoms. The van der Waals surface area contributed by atoms with Crippen molar-refractivity contribution < 1.29 is 14.3 Å². The summed E-state index contributed by atoms with van der Waals surface area (Å²) in [6.45, 7) is 4.76. The van der Waals surface area contributed by atoms with E-state index in [2.05, 4.69) is 10.1 Å². The van der Waals surface area contributed by atoms with Gasteiger partial charge in [-0.1, -0.05) is 13.8 Å². The molecule has 17 heavy (non-hydrogen) atoms. The molecule has 0 aliphatic carbocycles. The van der Waals surface area contributed by atoms with E-state index in [1.54, 1.807) is 0 Å². The predicted octanol–water partition coefficient (Wildman–Crippen LogP) is 0.821. The van der Waals surface area contributed by atoms with Crippen LogP contribution in [0.5, 0.6) is 0 Å². The first-order valence-corrected chi connectivity index (χ1v) is 6.11. The van der Waals surface area contributed by atoms with Crippen molar-refractivity contribution in [1.82, 2.24) is 5.32 Å². The number of nitrogens with one attached hydrogen (secondary N) is 1. The van der Waals surface area contributed by atoms with Gasteiger partial charge in [-0.2, -0.15) is 0 Å². The highest BCUT2D eigenvalue weighted by Crippen LogP contribution is 2.24. The van der Waals surface area contributed by atoms with E-state index in [4.69, 9.17) is 5.73 Å². The van der Waals surface area contributed by atoms with Crippen LogP contribution >= 0.6 is 0 Å². The third kappa shape index (κ3) is 4.73. The van der Waals surface area contributed by atoms with E-state index in [0.29, 0.717) is 25.9 Å². The van der Waals surface area contributed by atoms with Crippen LogP contribution in [0.3, 0.4) is 0 Å². The van der Waals surface area contributed by atoms with Crippen LogP contribution in [-0.4, -0.2) is 32.1 Å². The van der Waals surface area contributed by atoms with Gasteiger partial charge in [-0.05, 0) is 19.3 Å². The van der Waals surface area contributed by atoms with Gasteiger partial charge in [-0.25, -0.2) is 0 Å². The highest BCUT2D eigenvalue weighted by atomic mass is 16.5. The number of amides is 1. The van der Waals surface area contributed by atoms with E-state index in [0.717, 1.165) is 12.8 Å². The van der Waals surface area contributed by atoms with Crippen LogP contribution in [0.4, 0.5) is 0 Å². The Balaban J connectivity index is 4.03. The molecule has 0 fully saturated rings. The largest absolute Gasteiger partial charge is 0.469 e. The number of nitrogens with two attached hydrogens (primary N) is 1. The standard InChI is InChI=1S/C12H24N2O3/c1-4-12(5-2,9-13)11(16)14-8-6-7-10(15)17-3/h4-9,13H2,1-3H3,(H,14,16). The van der Waals surface area contributed by atoms with Crippen molar-refractivity contribution in [3.05, 3.63) is 0 Å². The second-order valence-corrected chi connectivity index (χ2v) is 4.13. The lowest BCUT2D eigenvalue weighted by Gasteiger charge is -2.28. The van der Waals surface area contributed by atoms with E-state index in [1.165, 1.54) is 7.11 Å². The summed E-state index contributed by atoms with van der Waals surface area (Å²) < 4.78 is 4.52. The van der Waals surface area contributed by atoms with E-state index in [9.17, 15) is 9.59 Å². The van der Waals surface area contributed by atoms with Gasteiger partial charge in [-0.15, -0.1) is 0 Å². The molecule has 0 radical (unpaired) electrons. The number of esters is 1. The quantitative estimate of drug-likeness (QED) is 0.489. The fourth-order valence-electron chi connectivity index (χ4n) is 1.68. The Morgan fingerprint density at radius 2 is 1.88 bits per heavy atom. The fraction of sp³-hybridized carbons (Fsp3) is 0.833. The van der Waals surface area contributed by atoms with Crippen molar-refractivity contribution in [3.8, 4) is 0 Å². The molecule has 0 aromatic carbocycles. The second kappa shape index (κ2) is 8.06.